The summed E-state index contributed by atoms with van der Waals surface area (Å²) in [5.41, 5.74) is 5.60. The number of carbonyl (C=O) groups is 2. The van der Waals surface area contributed by atoms with Gasteiger partial charge in [-0.05, 0) is 30.4 Å². The average molecular weight is 502 g/mol. The lowest BCUT2D eigenvalue weighted by atomic mass is 9.95. The topological polar surface area (TPSA) is 80.1 Å². The quantitative estimate of drug-likeness (QED) is 0.328. The minimum Gasteiger partial charge on any atom is -0.356 e. The van der Waals surface area contributed by atoms with Gasteiger partial charge in [-0.25, -0.2) is 4.68 Å². The Morgan fingerprint density at radius 1 is 0.973 bits per heavy atom. The molecule has 0 saturated carbocycles. The highest BCUT2D eigenvalue weighted by Gasteiger charge is 2.29. The van der Waals surface area contributed by atoms with Crippen LogP contribution in [0.3, 0.4) is 0 Å². The molecule has 2 amide bonds. The van der Waals surface area contributed by atoms with Gasteiger partial charge < -0.3 is 10.2 Å². The molecule has 0 spiro atoms. The van der Waals surface area contributed by atoms with Crippen LogP contribution in [0, 0.1) is 5.92 Å². The summed E-state index contributed by atoms with van der Waals surface area (Å²) in [6, 6.07) is 16.1. The number of carbonyl (C=O) groups excluding carboxylic acids is 2. The average Bonchev–Trinajstić information content (AvgIpc) is 3.30. The first-order valence-electron chi connectivity index (χ1n) is 13.7. The van der Waals surface area contributed by atoms with Crippen LogP contribution in [0.4, 0.5) is 5.69 Å². The SMILES string of the molecule is CCCCNC(=O)CCC(=O)N1Cc2ccccc2-c2c(nnn2CCCCC(C)C)-c2ccccc21. The second-order valence-corrected chi connectivity index (χ2v) is 10.3. The maximum Gasteiger partial charge on any atom is 0.227 e. The molecule has 0 atom stereocenters. The van der Waals surface area contributed by atoms with Crippen molar-refractivity contribution in [3.8, 4) is 22.5 Å². The van der Waals surface area contributed by atoms with Gasteiger partial charge in [0.25, 0.3) is 0 Å². The number of nitrogens with one attached hydrogen (secondary N) is 1. The molecule has 0 bridgehead atoms. The lowest BCUT2D eigenvalue weighted by Crippen LogP contribution is -2.33. The Bertz CT molecular complexity index is 1220. The molecule has 4 rings (SSSR count). The van der Waals surface area contributed by atoms with Crippen LogP contribution in [0.2, 0.25) is 0 Å². The van der Waals surface area contributed by atoms with Crippen molar-refractivity contribution in [2.45, 2.75) is 78.8 Å². The van der Waals surface area contributed by atoms with E-state index in [1.807, 2.05) is 41.1 Å². The Morgan fingerprint density at radius 2 is 1.73 bits per heavy atom. The smallest absolute Gasteiger partial charge is 0.227 e. The number of anilines is 1. The minimum atomic E-state index is -0.0785. The summed E-state index contributed by atoms with van der Waals surface area (Å²) >= 11 is 0. The van der Waals surface area contributed by atoms with Crippen LogP contribution in [0.5, 0.6) is 0 Å². The first-order valence-corrected chi connectivity index (χ1v) is 13.7. The van der Waals surface area contributed by atoms with E-state index >= 15 is 0 Å². The van der Waals surface area contributed by atoms with Crippen molar-refractivity contribution in [1.29, 1.82) is 0 Å². The molecule has 2 heterocycles. The first kappa shape index (κ1) is 26.6. The van der Waals surface area contributed by atoms with E-state index < -0.39 is 0 Å². The predicted molar refractivity (Wildman–Crippen MR) is 148 cm³/mol. The second kappa shape index (κ2) is 12.7. The third-order valence-corrected chi connectivity index (χ3v) is 6.91. The summed E-state index contributed by atoms with van der Waals surface area (Å²) in [6.07, 6.45) is 5.69. The Balaban J connectivity index is 1.65. The number of amides is 2. The highest BCUT2D eigenvalue weighted by Crippen LogP contribution is 2.41. The van der Waals surface area contributed by atoms with Gasteiger partial charge in [-0.3, -0.25) is 9.59 Å². The largest absolute Gasteiger partial charge is 0.356 e. The number of rotatable bonds is 11. The summed E-state index contributed by atoms with van der Waals surface area (Å²) in [4.78, 5) is 27.6. The van der Waals surface area contributed by atoms with Crippen molar-refractivity contribution in [2.24, 2.45) is 5.92 Å². The fraction of sp³-hybridized carbons (Fsp3) is 0.467. The lowest BCUT2D eigenvalue weighted by Gasteiger charge is -2.28. The fourth-order valence-electron chi connectivity index (χ4n) is 4.86. The molecule has 0 radical (unpaired) electrons. The van der Waals surface area contributed by atoms with E-state index in [2.05, 4.69) is 48.5 Å². The molecule has 1 N–H and O–H groups in total. The normalized spacial score (nSPS) is 12.4. The number of aryl methyl sites for hydroxylation is 1. The van der Waals surface area contributed by atoms with E-state index in [0.29, 0.717) is 19.0 Å². The van der Waals surface area contributed by atoms with Crippen molar-refractivity contribution < 1.29 is 9.59 Å². The monoisotopic (exact) mass is 501 g/mol. The number of hydrogen-bond donors (Lipinski definition) is 1. The molecule has 0 unspecified atom stereocenters. The van der Waals surface area contributed by atoms with E-state index in [4.69, 9.17) is 0 Å². The fourth-order valence-corrected chi connectivity index (χ4v) is 4.86. The summed E-state index contributed by atoms with van der Waals surface area (Å²) in [6.45, 7) is 8.49. The zero-order valence-electron chi connectivity index (χ0n) is 22.4. The first-order chi connectivity index (χ1) is 18.0. The van der Waals surface area contributed by atoms with Gasteiger partial charge in [0.1, 0.15) is 5.69 Å². The summed E-state index contributed by atoms with van der Waals surface area (Å²) in [5, 5.41) is 12.1. The minimum absolute atomic E-state index is 0.0718. The van der Waals surface area contributed by atoms with Gasteiger partial charge in [0, 0.05) is 37.1 Å². The van der Waals surface area contributed by atoms with Crippen LogP contribution in [0.15, 0.2) is 48.5 Å². The van der Waals surface area contributed by atoms with Gasteiger partial charge in [-0.15, -0.1) is 5.10 Å². The Labute approximate surface area is 220 Å². The van der Waals surface area contributed by atoms with Gasteiger partial charge in [0.05, 0.1) is 17.9 Å². The highest BCUT2D eigenvalue weighted by molar-refractivity contribution is 6.01. The molecule has 2 aromatic carbocycles. The maximum atomic E-state index is 13.5. The number of nitrogens with zero attached hydrogens (tertiary/aromatic N) is 4. The van der Waals surface area contributed by atoms with E-state index in [1.54, 1.807) is 4.90 Å². The third-order valence-electron chi connectivity index (χ3n) is 6.91. The number of para-hydroxylation sites is 1. The number of fused-ring (bicyclic) bond motifs is 5. The van der Waals surface area contributed by atoms with Crippen molar-refractivity contribution in [3.05, 3.63) is 54.1 Å². The van der Waals surface area contributed by atoms with Crippen molar-refractivity contribution in [3.63, 3.8) is 0 Å². The predicted octanol–water partition coefficient (Wildman–Crippen LogP) is 5.98. The molecule has 7 heteroatoms. The molecule has 0 saturated heterocycles. The number of hydrogen-bond acceptors (Lipinski definition) is 4. The summed E-state index contributed by atoms with van der Waals surface area (Å²) < 4.78 is 2.03. The van der Waals surface area contributed by atoms with Gasteiger partial charge in [0.2, 0.25) is 11.8 Å². The van der Waals surface area contributed by atoms with Crippen molar-refractivity contribution >= 4 is 17.5 Å². The molecule has 196 valence electrons. The van der Waals surface area contributed by atoms with Crippen LogP contribution in [-0.4, -0.2) is 33.4 Å². The lowest BCUT2D eigenvalue weighted by molar-refractivity contribution is -0.125. The molecule has 1 aromatic heterocycles. The van der Waals surface area contributed by atoms with Crippen LogP contribution in [0.1, 0.15) is 71.3 Å². The molecule has 0 fully saturated rings. The molecular weight excluding hydrogens is 462 g/mol. The molecule has 1 aliphatic rings. The summed E-state index contributed by atoms with van der Waals surface area (Å²) in [7, 11) is 0. The van der Waals surface area contributed by atoms with Gasteiger partial charge in [-0.1, -0.05) is 87.7 Å². The third kappa shape index (κ3) is 6.45. The zero-order valence-corrected chi connectivity index (χ0v) is 22.4. The van der Waals surface area contributed by atoms with Crippen LogP contribution < -0.4 is 10.2 Å². The standard InChI is InChI=1S/C30H39N5O2/c1-4-5-19-31-27(36)17-18-28(37)34-21-23-13-6-7-14-24(23)30-29(25-15-8-9-16-26(25)34)32-33-35(30)20-11-10-12-22(2)3/h6-9,13-16,22H,4-5,10-12,17-21H2,1-3H3,(H,31,36). The molecule has 0 aliphatic carbocycles. The van der Waals surface area contributed by atoms with Crippen molar-refractivity contribution in [2.75, 3.05) is 11.4 Å². The van der Waals surface area contributed by atoms with Crippen LogP contribution in [0.25, 0.3) is 22.5 Å². The number of benzene rings is 2. The molecule has 1 aliphatic heterocycles. The van der Waals surface area contributed by atoms with Crippen LogP contribution in [-0.2, 0) is 22.7 Å². The van der Waals surface area contributed by atoms with Gasteiger partial charge >= 0.3 is 0 Å². The molecule has 3 aromatic rings. The highest BCUT2D eigenvalue weighted by atomic mass is 16.2. The van der Waals surface area contributed by atoms with E-state index in [9.17, 15) is 9.59 Å². The zero-order chi connectivity index (χ0) is 26.2. The summed E-state index contributed by atoms with van der Waals surface area (Å²) in [5.74, 6) is 0.539. The molecular formula is C30H39N5O2. The Hall–Kier alpha value is -3.48. The van der Waals surface area contributed by atoms with E-state index in [1.165, 1.54) is 6.42 Å². The number of aromatic nitrogens is 3. The second-order valence-electron chi connectivity index (χ2n) is 10.3. The number of unbranched alkanes of at least 4 members (excludes halogenated alkanes) is 2. The Morgan fingerprint density at radius 3 is 2.51 bits per heavy atom. The molecule has 7 nitrogen and oxygen atoms in total. The Kier molecular flexibility index (Phi) is 9.09. The molecule has 37 heavy (non-hydrogen) atoms. The van der Waals surface area contributed by atoms with Gasteiger partial charge in [-0.2, -0.15) is 0 Å². The van der Waals surface area contributed by atoms with E-state index in [0.717, 1.165) is 66.0 Å². The van der Waals surface area contributed by atoms with E-state index in [-0.39, 0.29) is 24.7 Å². The van der Waals surface area contributed by atoms with Gasteiger partial charge in [0.15, 0.2) is 0 Å². The van der Waals surface area contributed by atoms with Crippen LogP contribution >= 0.6 is 0 Å². The maximum absolute atomic E-state index is 13.5. The van der Waals surface area contributed by atoms with Crippen molar-refractivity contribution in [1.82, 2.24) is 20.3 Å².